The van der Waals surface area contributed by atoms with Gasteiger partial charge >= 0.3 is 0 Å². The highest BCUT2D eigenvalue weighted by Crippen LogP contribution is 2.24. The van der Waals surface area contributed by atoms with E-state index in [1.807, 2.05) is 20.2 Å². The molecule has 2 rings (SSSR count). The van der Waals surface area contributed by atoms with Gasteiger partial charge in [0.2, 0.25) is 0 Å². The molecule has 1 N–H and O–H groups in total. The Labute approximate surface area is 99.7 Å². The SMILES string of the molecule is COc1cn(C)nc1C(C)Nc1cnccn1. The molecule has 2 aromatic rings. The lowest BCUT2D eigenvalue weighted by Gasteiger charge is -2.12. The Bertz CT molecular complexity index is 482. The number of nitrogens with one attached hydrogen (secondary N) is 1. The third-order valence-electron chi connectivity index (χ3n) is 2.38. The second kappa shape index (κ2) is 4.82. The minimum absolute atomic E-state index is 0.00264. The molecule has 90 valence electrons. The van der Waals surface area contributed by atoms with Crippen LogP contribution in [0.4, 0.5) is 5.82 Å². The van der Waals surface area contributed by atoms with E-state index in [4.69, 9.17) is 4.74 Å². The normalized spacial score (nSPS) is 12.2. The first-order valence-electron chi connectivity index (χ1n) is 5.30. The topological polar surface area (TPSA) is 64.9 Å². The van der Waals surface area contributed by atoms with Crippen LogP contribution in [0.1, 0.15) is 18.7 Å². The highest BCUT2D eigenvalue weighted by atomic mass is 16.5. The first-order valence-corrected chi connectivity index (χ1v) is 5.30. The molecular formula is C11H15N5O. The summed E-state index contributed by atoms with van der Waals surface area (Å²) in [4.78, 5) is 8.15. The predicted octanol–water partition coefficient (Wildman–Crippen LogP) is 1.39. The van der Waals surface area contributed by atoms with Crippen molar-refractivity contribution in [3.8, 4) is 5.75 Å². The summed E-state index contributed by atoms with van der Waals surface area (Å²) in [6.07, 6.45) is 6.79. The predicted molar refractivity (Wildman–Crippen MR) is 63.8 cm³/mol. The average Bonchev–Trinajstić information content (AvgIpc) is 2.72. The van der Waals surface area contributed by atoms with Crippen LogP contribution in [0, 0.1) is 0 Å². The summed E-state index contributed by atoms with van der Waals surface area (Å²) in [5.41, 5.74) is 0.848. The fraction of sp³-hybridized carbons (Fsp3) is 0.364. The highest BCUT2D eigenvalue weighted by molar-refractivity contribution is 5.37. The summed E-state index contributed by atoms with van der Waals surface area (Å²) in [7, 11) is 3.50. The van der Waals surface area contributed by atoms with Crippen molar-refractivity contribution in [3.05, 3.63) is 30.5 Å². The highest BCUT2D eigenvalue weighted by Gasteiger charge is 2.15. The Balaban J connectivity index is 2.17. The maximum atomic E-state index is 5.27. The number of anilines is 1. The standard InChI is InChI=1S/C11H15N5O/c1-8(14-10-6-12-4-5-13-10)11-9(17-3)7-16(2)15-11/h4-8H,1-3H3,(H,13,14). The van der Waals surface area contributed by atoms with Gasteiger partial charge in [-0.3, -0.25) is 9.67 Å². The number of methoxy groups -OCH3 is 1. The monoisotopic (exact) mass is 233 g/mol. The van der Waals surface area contributed by atoms with Crippen molar-refractivity contribution < 1.29 is 4.74 Å². The summed E-state index contributed by atoms with van der Waals surface area (Å²) < 4.78 is 6.99. The molecule has 1 atom stereocenters. The lowest BCUT2D eigenvalue weighted by molar-refractivity contribution is 0.407. The van der Waals surface area contributed by atoms with E-state index in [2.05, 4.69) is 20.4 Å². The van der Waals surface area contributed by atoms with E-state index >= 15 is 0 Å². The number of ether oxygens (including phenoxy) is 1. The first-order chi connectivity index (χ1) is 8.20. The molecule has 1 unspecified atom stereocenters. The van der Waals surface area contributed by atoms with E-state index in [1.165, 1.54) is 0 Å². The summed E-state index contributed by atoms with van der Waals surface area (Å²) in [5.74, 6) is 1.48. The minimum atomic E-state index is 0.00264. The lowest BCUT2D eigenvalue weighted by atomic mass is 10.2. The molecule has 0 aliphatic heterocycles. The minimum Gasteiger partial charge on any atom is -0.493 e. The molecular weight excluding hydrogens is 218 g/mol. The van der Waals surface area contributed by atoms with Crippen molar-refractivity contribution in [1.82, 2.24) is 19.7 Å². The molecule has 17 heavy (non-hydrogen) atoms. The Morgan fingerprint density at radius 1 is 1.41 bits per heavy atom. The smallest absolute Gasteiger partial charge is 0.162 e. The van der Waals surface area contributed by atoms with Crippen LogP contribution >= 0.6 is 0 Å². The van der Waals surface area contributed by atoms with Crippen molar-refractivity contribution in [2.24, 2.45) is 7.05 Å². The van der Waals surface area contributed by atoms with Gasteiger partial charge in [-0.05, 0) is 6.92 Å². The molecule has 6 nitrogen and oxygen atoms in total. The van der Waals surface area contributed by atoms with Crippen molar-refractivity contribution in [3.63, 3.8) is 0 Å². The quantitative estimate of drug-likeness (QED) is 0.864. The second-order valence-electron chi connectivity index (χ2n) is 3.71. The summed E-state index contributed by atoms with van der Waals surface area (Å²) >= 11 is 0. The molecule has 0 fully saturated rings. The van der Waals surface area contributed by atoms with E-state index < -0.39 is 0 Å². The second-order valence-corrected chi connectivity index (χ2v) is 3.71. The molecule has 0 amide bonds. The largest absolute Gasteiger partial charge is 0.493 e. The Kier molecular flexibility index (Phi) is 3.22. The van der Waals surface area contributed by atoms with Gasteiger partial charge in [0.25, 0.3) is 0 Å². The van der Waals surface area contributed by atoms with E-state index in [0.29, 0.717) is 5.82 Å². The van der Waals surface area contributed by atoms with E-state index in [-0.39, 0.29) is 6.04 Å². The van der Waals surface area contributed by atoms with Gasteiger partial charge in [0.05, 0.1) is 25.5 Å². The molecule has 0 saturated carbocycles. The van der Waals surface area contributed by atoms with Crippen LogP contribution < -0.4 is 10.1 Å². The maximum absolute atomic E-state index is 5.27. The summed E-state index contributed by atoms with van der Waals surface area (Å²) in [5, 5.41) is 7.58. The van der Waals surface area contributed by atoms with E-state index in [0.717, 1.165) is 11.4 Å². The summed E-state index contributed by atoms with van der Waals surface area (Å²) in [6, 6.07) is 0.00264. The van der Waals surface area contributed by atoms with Crippen molar-refractivity contribution in [1.29, 1.82) is 0 Å². The first kappa shape index (κ1) is 11.4. The van der Waals surface area contributed by atoms with Crippen molar-refractivity contribution in [2.75, 3.05) is 12.4 Å². The van der Waals surface area contributed by atoms with E-state index in [9.17, 15) is 0 Å². The van der Waals surface area contributed by atoms with Crippen molar-refractivity contribution >= 4 is 5.82 Å². The van der Waals surface area contributed by atoms with Gasteiger partial charge in [0.15, 0.2) is 5.75 Å². The number of rotatable bonds is 4. The molecule has 0 aromatic carbocycles. The molecule has 2 heterocycles. The summed E-state index contributed by atoms with van der Waals surface area (Å²) in [6.45, 7) is 2.00. The van der Waals surface area contributed by atoms with Crippen LogP contribution in [0.25, 0.3) is 0 Å². The van der Waals surface area contributed by atoms with Gasteiger partial charge < -0.3 is 10.1 Å². The molecule has 0 aliphatic carbocycles. The number of hydrogen-bond acceptors (Lipinski definition) is 5. The molecule has 0 saturated heterocycles. The van der Waals surface area contributed by atoms with E-state index in [1.54, 1.807) is 30.4 Å². The van der Waals surface area contributed by atoms with Gasteiger partial charge in [0, 0.05) is 19.4 Å². The Morgan fingerprint density at radius 2 is 2.24 bits per heavy atom. The van der Waals surface area contributed by atoms with Crippen LogP contribution in [0.3, 0.4) is 0 Å². The third kappa shape index (κ3) is 2.52. The van der Waals surface area contributed by atoms with Crippen LogP contribution in [0.2, 0.25) is 0 Å². The Hall–Kier alpha value is -2.11. The van der Waals surface area contributed by atoms with Gasteiger partial charge in [-0.25, -0.2) is 4.98 Å². The molecule has 0 aliphatic rings. The van der Waals surface area contributed by atoms with Gasteiger partial charge in [-0.1, -0.05) is 0 Å². The van der Waals surface area contributed by atoms with Crippen LogP contribution in [-0.2, 0) is 7.05 Å². The van der Waals surface area contributed by atoms with Gasteiger partial charge in [0.1, 0.15) is 11.5 Å². The zero-order valence-corrected chi connectivity index (χ0v) is 10.1. The number of hydrogen-bond donors (Lipinski definition) is 1. The average molecular weight is 233 g/mol. The third-order valence-corrected chi connectivity index (χ3v) is 2.38. The molecule has 0 radical (unpaired) electrons. The Morgan fingerprint density at radius 3 is 2.88 bits per heavy atom. The molecule has 2 aromatic heterocycles. The lowest BCUT2D eigenvalue weighted by Crippen LogP contribution is -2.10. The molecule has 0 bridgehead atoms. The number of nitrogens with zero attached hydrogens (tertiary/aromatic N) is 4. The molecule has 6 heteroatoms. The number of aryl methyl sites for hydroxylation is 1. The zero-order chi connectivity index (χ0) is 12.3. The van der Waals surface area contributed by atoms with Gasteiger partial charge in [-0.15, -0.1) is 0 Å². The van der Waals surface area contributed by atoms with Crippen molar-refractivity contribution in [2.45, 2.75) is 13.0 Å². The number of aromatic nitrogens is 4. The fourth-order valence-electron chi connectivity index (χ4n) is 1.60. The molecule has 0 spiro atoms. The van der Waals surface area contributed by atoms with Crippen LogP contribution in [0.15, 0.2) is 24.8 Å². The maximum Gasteiger partial charge on any atom is 0.162 e. The zero-order valence-electron chi connectivity index (χ0n) is 10.1. The van der Waals surface area contributed by atoms with Crippen LogP contribution in [-0.4, -0.2) is 26.9 Å². The fourth-order valence-corrected chi connectivity index (χ4v) is 1.60. The van der Waals surface area contributed by atoms with Crippen LogP contribution in [0.5, 0.6) is 5.75 Å². The van der Waals surface area contributed by atoms with Gasteiger partial charge in [-0.2, -0.15) is 5.10 Å².